The number of carbonyl (C=O) groups is 2. The number of carbonyl (C=O) groups excluding carboxylic acids is 2. The van der Waals surface area contributed by atoms with E-state index in [0.717, 1.165) is 33.5 Å². The number of hydrogen-bond acceptors (Lipinski definition) is 5. The van der Waals surface area contributed by atoms with Crippen LogP contribution in [-0.2, 0) is 4.79 Å². The first kappa shape index (κ1) is 28.9. The molecule has 40 heavy (non-hydrogen) atoms. The number of halogens is 1. The Morgan fingerprint density at radius 2 is 1.95 bits per heavy atom. The SMILES string of the molecule is CN=C/C(=C\C1=NC=C(c2cccc(NC(=O)NCC(C)(C)F)c2)C1)c1ccc(C(C)C(=O)N2CC(O)C2)cc1. The number of aliphatic hydroxyl groups is 1. The van der Waals surface area contributed by atoms with E-state index in [0.29, 0.717) is 25.2 Å². The highest BCUT2D eigenvalue weighted by atomic mass is 19.1. The number of hydrogen-bond donors (Lipinski definition) is 3. The summed E-state index contributed by atoms with van der Waals surface area (Å²) in [5.74, 6) is -0.266. The summed E-state index contributed by atoms with van der Waals surface area (Å²) in [6, 6.07) is 14.9. The molecule has 0 aliphatic carbocycles. The molecule has 8 nitrogen and oxygen atoms in total. The van der Waals surface area contributed by atoms with Gasteiger partial charge >= 0.3 is 6.03 Å². The minimum Gasteiger partial charge on any atom is -0.389 e. The van der Waals surface area contributed by atoms with Crippen molar-refractivity contribution < 1.29 is 19.1 Å². The summed E-state index contributed by atoms with van der Waals surface area (Å²) in [7, 11) is 1.72. The van der Waals surface area contributed by atoms with E-state index in [4.69, 9.17) is 0 Å². The summed E-state index contributed by atoms with van der Waals surface area (Å²) >= 11 is 0. The van der Waals surface area contributed by atoms with Crippen LogP contribution in [0.25, 0.3) is 11.1 Å². The van der Waals surface area contributed by atoms with Gasteiger partial charge in [0.15, 0.2) is 0 Å². The maximum absolute atomic E-state index is 13.7. The molecule has 2 heterocycles. The summed E-state index contributed by atoms with van der Waals surface area (Å²) in [5, 5.41) is 14.8. The number of β-amino-alcohol motifs (C(OH)–C–C–N with tert-alkyl or cyclic N) is 1. The maximum atomic E-state index is 13.7. The van der Waals surface area contributed by atoms with Crippen LogP contribution in [0.1, 0.15) is 49.8 Å². The summed E-state index contributed by atoms with van der Waals surface area (Å²) in [6.07, 6.45) is 5.79. The van der Waals surface area contributed by atoms with Crippen molar-refractivity contribution in [2.24, 2.45) is 9.98 Å². The van der Waals surface area contributed by atoms with Crippen molar-refractivity contribution >= 4 is 40.7 Å². The lowest BCUT2D eigenvalue weighted by atomic mass is 9.94. The van der Waals surface area contributed by atoms with Crippen LogP contribution >= 0.6 is 0 Å². The number of urea groups is 1. The number of likely N-dealkylation sites (tertiary alicyclic amines) is 1. The van der Waals surface area contributed by atoms with Gasteiger partial charge in [0.05, 0.1) is 18.6 Å². The van der Waals surface area contributed by atoms with E-state index in [1.165, 1.54) is 13.8 Å². The lowest BCUT2D eigenvalue weighted by Gasteiger charge is -2.37. The third kappa shape index (κ3) is 7.51. The predicted octanol–water partition coefficient (Wildman–Crippen LogP) is 4.83. The predicted molar refractivity (Wildman–Crippen MR) is 159 cm³/mol. The number of allylic oxidation sites excluding steroid dienone is 3. The molecule has 0 spiro atoms. The second kappa shape index (κ2) is 12.4. The van der Waals surface area contributed by atoms with Gasteiger partial charge in [0, 0.05) is 55.9 Å². The van der Waals surface area contributed by atoms with E-state index in [1.54, 1.807) is 24.2 Å². The molecule has 0 radical (unpaired) electrons. The molecule has 2 aromatic rings. The molecule has 1 fully saturated rings. The number of amides is 3. The molecule has 0 saturated carbocycles. The van der Waals surface area contributed by atoms with Crippen LogP contribution in [0.2, 0.25) is 0 Å². The lowest BCUT2D eigenvalue weighted by molar-refractivity contribution is -0.142. The van der Waals surface area contributed by atoms with Crippen molar-refractivity contribution in [1.29, 1.82) is 0 Å². The van der Waals surface area contributed by atoms with E-state index in [-0.39, 0.29) is 18.4 Å². The normalized spacial score (nSPS) is 16.9. The molecule has 0 bridgehead atoms. The van der Waals surface area contributed by atoms with Crippen molar-refractivity contribution in [2.45, 2.75) is 44.9 Å². The number of alkyl halides is 1. The van der Waals surface area contributed by atoms with Crippen LogP contribution in [0.15, 0.2) is 70.8 Å². The fraction of sp³-hybridized carbons (Fsp3) is 0.355. The molecule has 0 aromatic heterocycles. The number of aliphatic imine (C=N–C) groups is 2. The first-order valence-corrected chi connectivity index (χ1v) is 13.3. The summed E-state index contributed by atoms with van der Waals surface area (Å²) < 4.78 is 13.7. The number of benzene rings is 2. The Hall–Kier alpha value is -4.11. The number of nitrogens with zero attached hydrogens (tertiary/aromatic N) is 3. The zero-order valence-corrected chi connectivity index (χ0v) is 23.3. The van der Waals surface area contributed by atoms with Crippen molar-refractivity contribution in [1.82, 2.24) is 10.2 Å². The highest BCUT2D eigenvalue weighted by molar-refractivity contribution is 6.19. The van der Waals surface area contributed by atoms with E-state index < -0.39 is 17.8 Å². The third-order valence-corrected chi connectivity index (χ3v) is 6.80. The zero-order valence-electron chi connectivity index (χ0n) is 23.3. The van der Waals surface area contributed by atoms with Gasteiger partial charge in [0.25, 0.3) is 0 Å². The average molecular weight is 546 g/mol. The summed E-state index contributed by atoms with van der Waals surface area (Å²) in [6.45, 7) is 5.41. The van der Waals surface area contributed by atoms with Crippen LogP contribution in [0.4, 0.5) is 14.9 Å². The van der Waals surface area contributed by atoms with Crippen LogP contribution in [0.5, 0.6) is 0 Å². The van der Waals surface area contributed by atoms with E-state index in [9.17, 15) is 19.1 Å². The van der Waals surface area contributed by atoms with E-state index in [1.807, 2.05) is 61.7 Å². The summed E-state index contributed by atoms with van der Waals surface area (Å²) in [5.41, 5.74) is 4.69. The topological polar surface area (TPSA) is 106 Å². The minimum atomic E-state index is -1.49. The van der Waals surface area contributed by atoms with Crippen LogP contribution < -0.4 is 10.6 Å². The highest BCUT2D eigenvalue weighted by Gasteiger charge is 2.32. The van der Waals surface area contributed by atoms with Gasteiger partial charge in [-0.1, -0.05) is 36.4 Å². The number of aliphatic hydroxyl groups excluding tert-OH is 1. The van der Waals surface area contributed by atoms with Gasteiger partial charge in [-0.3, -0.25) is 14.8 Å². The largest absolute Gasteiger partial charge is 0.389 e. The molecular formula is C31H36FN5O3. The minimum absolute atomic E-state index is 0.0199. The fourth-order valence-corrected chi connectivity index (χ4v) is 4.50. The molecule has 3 amide bonds. The second-order valence-electron chi connectivity index (χ2n) is 10.8. The quantitative estimate of drug-likeness (QED) is 0.393. The Morgan fingerprint density at radius 1 is 1.23 bits per heavy atom. The molecule has 1 atom stereocenters. The molecular weight excluding hydrogens is 509 g/mol. The zero-order chi connectivity index (χ0) is 28.9. The standard InChI is InChI=1S/C31H36FN5O3/c1-20(29(39)37-17-28(38)18-37)21-8-10-22(11-9-21)24(15-33-4)13-27-14-25(16-34-27)23-6-5-7-26(12-23)36-30(40)35-19-31(2,3)32/h5-13,15-16,20,28,38H,14,17-19H2,1-4H3,(H2,35,36,40)/b24-13+,33-15?. The second-order valence-corrected chi connectivity index (χ2v) is 10.8. The highest BCUT2D eigenvalue weighted by Crippen LogP contribution is 2.28. The van der Waals surface area contributed by atoms with Crippen molar-refractivity contribution in [2.75, 3.05) is 32.0 Å². The third-order valence-electron chi connectivity index (χ3n) is 6.80. The van der Waals surface area contributed by atoms with E-state index >= 15 is 0 Å². The van der Waals surface area contributed by atoms with Crippen LogP contribution in [0.3, 0.4) is 0 Å². The molecule has 1 unspecified atom stereocenters. The lowest BCUT2D eigenvalue weighted by Crippen LogP contribution is -2.54. The molecule has 9 heteroatoms. The van der Waals surface area contributed by atoms with Gasteiger partial charge in [-0.25, -0.2) is 9.18 Å². The Balaban J connectivity index is 1.40. The molecule has 210 valence electrons. The van der Waals surface area contributed by atoms with Gasteiger partial charge in [-0.15, -0.1) is 0 Å². The Kier molecular flexibility index (Phi) is 8.94. The Bertz CT molecular complexity index is 1370. The average Bonchev–Trinajstić information content (AvgIpc) is 3.38. The van der Waals surface area contributed by atoms with Crippen LogP contribution in [0, 0.1) is 0 Å². The van der Waals surface area contributed by atoms with Gasteiger partial charge in [0.2, 0.25) is 5.91 Å². The summed E-state index contributed by atoms with van der Waals surface area (Å²) in [4.78, 5) is 35.3. The molecule has 4 rings (SSSR count). The smallest absolute Gasteiger partial charge is 0.319 e. The van der Waals surface area contributed by atoms with Gasteiger partial charge in [0.1, 0.15) is 5.67 Å². The van der Waals surface area contributed by atoms with Gasteiger partial charge in [-0.2, -0.15) is 0 Å². The van der Waals surface area contributed by atoms with Crippen molar-refractivity contribution in [3.8, 4) is 0 Å². The van der Waals surface area contributed by atoms with Gasteiger partial charge < -0.3 is 20.6 Å². The molecule has 2 aromatic carbocycles. The van der Waals surface area contributed by atoms with E-state index in [2.05, 4.69) is 20.6 Å². The first-order valence-electron chi connectivity index (χ1n) is 13.3. The van der Waals surface area contributed by atoms with Crippen molar-refractivity contribution in [3.05, 3.63) is 77.5 Å². The van der Waals surface area contributed by atoms with Crippen molar-refractivity contribution in [3.63, 3.8) is 0 Å². The Morgan fingerprint density at radius 3 is 2.60 bits per heavy atom. The fourth-order valence-electron chi connectivity index (χ4n) is 4.50. The molecule has 1 saturated heterocycles. The molecule has 2 aliphatic heterocycles. The number of nitrogens with one attached hydrogen (secondary N) is 2. The maximum Gasteiger partial charge on any atom is 0.319 e. The molecule has 3 N–H and O–H groups in total. The first-order chi connectivity index (χ1) is 19.0. The number of anilines is 1. The number of rotatable bonds is 9. The van der Waals surface area contributed by atoms with Gasteiger partial charge in [-0.05, 0) is 61.2 Å². The monoisotopic (exact) mass is 545 g/mol. The molecule has 2 aliphatic rings. The van der Waals surface area contributed by atoms with Crippen LogP contribution in [-0.4, -0.2) is 72.3 Å². The Labute approximate surface area is 234 Å².